The van der Waals surface area contributed by atoms with Crippen molar-refractivity contribution in [2.75, 3.05) is 0 Å². The molecule has 0 saturated heterocycles. The van der Waals surface area contributed by atoms with Crippen LogP contribution in [-0.4, -0.2) is 9.55 Å². The lowest BCUT2D eigenvalue weighted by atomic mass is 10.1. The minimum absolute atomic E-state index is 0.425. The number of hydrogen-bond donors (Lipinski definition) is 2. The molecule has 0 saturated carbocycles. The van der Waals surface area contributed by atoms with Gasteiger partial charge in [-0.2, -0.15) is 0 Å². The molecule has 2 rings (SSSR count). The highest BCUT2D eigenvalue weighted by Gasteiger charge is 2.03. The Morgan fingerprint density at radius 1 is 1.38 bits per heavy atom. The number of benzene rings is 1. The van der Waals surface area contributed by atoms with Gasteiger partial charge in [0.15, 0.2) is 0 Å². The smallest absolute Gasteiger partial charge is 0.0955 e. The Balaban J connectivity index is 2.63. The Morgan fingerprint density at radius 3 is 2.85 bits per heavy atom. The highest BCUT2D eigenvalue weighted by atomic mass is 15.0. The van der Waals surface area contributed by atoms with Crippen molar-refractivity contribution in [1.29, 1.82) is 0 Å². The molecule has 0 bridgehead atoms. The van der Waals surface area contributed by atoms with E-state index >= 15 is 0 Å². The topological polar surface area (TPSA) is 69.9 Å². The lowest BCUT2D eigenvalue weighted by molar-refractivity contribution is 0.775. The van der Waals surface area contributed by atoms with Gasteiger partial charge in [0.25, 0.3) is 0 Å². The summed E-state index contributed by atoms with van der Waals surface area (Å²) >= 11 is 0. The van der Waals surface area contributed by atoms with Crippen molar-refractivity contribution in [3.05, 3.63) is 30.1 Å². The van der Waals surface area contributed by atoms with Crippen LogP contribution in [0.5, 0.6) is 0 Å². The van der Waals surface area contributed by atoms with E-state index in [-0.39, 0.29) is 0 Å². The second kappa shape index (κ2) is 2.83. The largest absolute Gasteiger partial charge is 0.334 e. The van der Waals surface area contributed by atoms with Crippen LogP contribution in [0.1, 0.15) is 11.7 Å². The zero-order valence-electron chi connectivity index (χ0n) is 7.44. The molecule has 2 aromatic rings. The molecule has 4 heteroatoms. The quantitative estimate of drug-likeness (QED) is 0.621. The van der Waals surface area contributed by atoms with Crippen LogP contribution >= 0.6 is 0 Å². The molecule has 0 fully saturated rings. The summed E-state index contributed by atoms with van der Waals surface area (Å²) in [5.41, 5.74) is 14.0. The van der Waals surface area contributed by atoms with Crippen LogP contribution in [0.15, 0.2) is 24.5 Å². The number of aryl methyl sites for hydroxylation is 1. The zero-order valence-corrected chi connectivity index (χ0v) is 7.44. The molecular weight excluding hydrogens is 164 g/mol. The number of nitrogens with zero attached hydrogens (tertiary/aromatic N) is 2. The molecular formula is C9H12N4. The molecule has 13 heavy (non-hydrogen) atoms. The second-order valence-electron chi connectivity index (χ2n) is 3.13. The molecule has 0 unspecified atom stereocenters. The molecule has 1 aromatic carbocycles. The lowest BCUT2D eigenvalue weighted by Crippen LogP contribution is -2.19. The third-order valence-electron chi connectivity index (χ3n) is 2.13. The highest BCUT2D eigenvalue weighted by molar-refractivity contribution is 5.76. The lowest BCUT2D eigenvalue weighted by Gasteiger charge is -2.04. The number of aromatic nitrogens is 2. The van der Waals surface area contributed by atoms with Crippen LogP contribution in [0.4, 0.5) is 0 Å². The average Bonchev–Trinajstić information content (AvgIpc) is 2.47. The summed E-state index contributed by atoms with van der Waals surface area (Å²) in [6.07, 6.45) is 1.35. The van der Waals surface area contributed by atoms with E-state index in [9.17, 15) is 0 Å². The van der Waals surface area contributed by atoms with E-state index in [1.165, 1.54) is 0 Å². The molecule has 0 radical (unpaired) electrons. The summed E-state index contributed by atoms with van der Waals surface area (Å²) in [6, 6.07) is 5.82. The maximum absolute atomic E-state index is 5.55. The predicted molar refractivity (Wildman–Crippen MR) is 51.8 cm³/mol. The third-order valence-corrected chi connectivity index (χ3v) is 2.13. The molecule has 0 aliphatic heterocycles. The van der Waals surface area contributed by atoms with E-state index in [2.05, 4.69) is 4.98 Å². The second-order valence-corrected chi connectivity index (χ2v) is 3.13. The Kier molecular flexibility index (Phi) is 1.79. The molecule has 0 atom stereocenters. The normalized spacial score (nSPS) is 11.4. The molecule has 0 spiro atoms. The minimum Gasteiger partial charge on any atom is -0.334 e. The molecule has 1 aromatic heterocycles. The molecule has 1 heterocycles. The van der Waals surface area contributed by atoms with Crippen molar-refractivity contribution < 1.29 is 0 Å². The molecule has 0 amide bonds. The fourth-order valence-corrected chi connectivity index (χ4v) is 1.36. The van der Waals surface area contributed by atoms with Gasteiger partial charge in [-0.3, -0.25) is 0 Å². The minimum atomic E-state index is -0.425. The molecule has 0 aliphatic rings. The van der Waals surface area contributed by atoms with Crippen LogP contribution in [0, 0.1) is 0 Å². The van der Waals surface area contributed by atoms with Gasteiger partial charge >= 0.3 is 0 Å². The van der Waals surface area contributed by atoms with E-state index < -0.39 is 6.17 Å². The molecule has 68 valence electrons. The summed E-state index contributed by atoms with van der Waals surface area (Å²) in [5, 5.41) is 0. The highest BCUT2D eigenvalue weighted by Crippen LogP contribution is 2.15. The van der Waals surface area contributed by atoms with Crippen LogP contribution < -0.4 is 11.5 Å². The fraction of sp³-hybridized carbons (Fsp3) is 0.222. The van der Waals surface area contributed by atoms with Crippen molar-refractivity contribution in [2.45, 2.75) is 6.17 Å². The predicted octanol–water partition coefficient (Wildman–Crippen LogP) is 0.489. The average molecular weight is 176 g/mol. The van der Waals surface area contributed by atoms with E-state index in [0.29, 0.717) is 0 Å². The first-order valence-corrected chi connectivity index (χ1v) is 4.10. The summed E-state index contributed by atoms with van der Waals surface area (Å²) in [7, 11) is 1.96. The Hall–Kier alpha value is -1.39. The maximum Gasteiger partial charge on any atom is 0.0955 e. The zero-order chi connectivity index (χ0) is 9.42. The van der Waals surface area contributed by atoms with Gasteiger partial charge < -0.3 is 16.0 Å². The van der Waals surface area contributed by atoms with E-state index in [1.807, 2.05) is 29.8 Å². The van der Waals surface area contributed by atoms with E-state index in [1.54, 1.807) is 6.33 Å². The van der Waals surface area contributed by atoms with Gasteiger partial charge in [0, 0.05) is 7.05 Å². The van der Waals surface area contributed by atoms with Crippen molar-refractivity contribution in [3.8, 4) is 0 Å². The Bertz CT molecular complexity index is 430. The number of fused-ring (bicyclic) bond motifs is 1. The SMILES string of the molecule is Cn1cnc2cc(C(N)N)ccc21. The summed E-state index contributed by atoms with van der Waals surface area (Å²) in [6.45, 7) is 0. The summed E-state index contributed by atoms with van der Waals surface area (Å²) in [5.74, 6) is 0. The van der Waals surface area contributed by atoms with Gasteiger partial charge in [0.1, 0.15) is 0 Å². The Labute approximate surface area is 76.2 Å². The van der Waals surface area contributed by atoms with Gasteiger partial charge in [0.2, 0.25) is 0 Å². The molecule has 0 aliphatic carbocycles. The molecule has 4 nitrogen and oxygen atoms in total. The van der Waals surface area contributed by atoms with Crippen molar-refractivity contribution in [3.63, 3.8) is 0 Å². The fourth-order valence-electron chi connectivity index (χ4n) is 1.36. The first-order valence-electron chi connectivity index (χ1n) is 4.10. The van der Waals surface area contributed by atoms with Crippen LogP contribution in [-0.2, 0) is 7.05 Å². The number of hydrogen-bond acceptors (Lipinski definition) is 3. The summed E-state index contributed by atoms with van der Waals surface area (Å²) in [4.78, 5) is 4.21. The molecule has 4 N–H and O–H groups in total. The monoisotopic (exact) mass is 176 g/mol. The number of rotatable bonds is 1. The van der Waals surface area contributed by atoms with Crippen LogP contribution in [0.3, 0.4) is 0 Å². The summed E-state index contributed by atoms with van der Waals surface area (Å²) < 4.78 is 1.96. The third kappa shape index (κ3) is 1.30. The first-order chi connectivity index (χ1) is 6.18. The number of imidazole rings is 1. The standard InChI is InChI=1S/C9H12N4/c1-13-5-12-7-4-6(9(10)11)2-3-8(7)13/h2-5,9H,10-11H2,1H3. The van der Waals surface area contributed by atoms with Gasteiger partial charge in [-0.05, 0) is 17.7 Å². The Morgan fingerprint density at radius 2 is 2.15 bits per heavy atom. The van der Waals surface area contributed by atoms with Crippen molar-refractivity contribution >= 4 is 11.0 Å². The van der Waals surface area contributed by atoms with Gasteiger partial charge in [-0.25, -0.2) is 4.98 Å². The van der Waals surface area contributed by atoms with E-state index in [4.69, 9.17) is 11.5 Å². The van der Waals surface area contributed by atoms with Gasteiger partial charge in [-0.1, -0.05) is 6.07 Å². The number of nitrogens with two attached hydrogens (primary N) is 2. The van der Waals surface area contributed by atoms with Gasteiger partial charge in [0.05, 0.1) is 23.5 Å². The van der Waals surface area contributed by atoms with E-state index in [0.717, 1.165) is 16.6 Å². The van der Waals surface area contributed by atoms with Crippen LogP contribution in [0.25, 0.3) is 11.0 Å². The van der Waals surface area contributed by atoms with Crippen molar-refractivity contribution in [2.24, 2.45) is 18.5 Å². The first kappa shape index (κ1) is 8.22. The van der Waals surface area contributed by atoms with Crippen molar-refractivity contribution in [1.82, 2.24) is 9.55 Å². The van der Waals surface area contributed by atoms with Gasteiger partial charge in [-0.15, -0.1) is 0 Å². The van der Waals surface area contributed by atoms with Crippen LogP contribution in [0.2, 0.25) is 0 Å². The maximum atomic E-state index is 5.55.